The third kappa shape index (κ3) is 7.40. The minimum atomic E-state index is -0.456. The predicted octanol–water partition coefficient (Wildman–Crippen LogP) is 3.22. The van der Waals surface area contributed by atoms with Crippen molar-refractivity contribution in [3.8, 4) is 17.1 Å². The molecule has 0 unspecified atom stereocenters. The first-order valence-corrected chi connectivity index (χ1v) is 12.4. The number of pyridine rings is 1. The summed E-state index contributed by atoms with van der Waals surface area (Å²) in [4.78, 5) is 24.3. The average Bonchev–Trinajstić information content (AvgIpc) is 3.19. The molecule has 2 atom stereocenters. The Hall–Kier alpha value is -3.17. The van der Waals surface area contributed by atoms with Gasteiger partial charge in [-0.25, -0.2) is 9.48 Å². The summed E-state index contributed by atoms with van der Waals surface area (Å²) in [5.74, 6) is 0.454. The molecule has 0 bridgehead atoms. The molecule has 1 saturated carbocycles. The van der Waals surface area contributed by atoms with Crippen LogP contribution in [0.4, 0.5) is 4.79 Å². The van der Waals surface area contributed by atoms with Gasteiger partial charge in [-0.15, -0.1) is 5.10 Å². The number of nitrogens with one attached hydrogen (secondary N) is 1. The summed E-state index contributed by atoms with van der Waals surface area (Å²) in [5.41, 5.74) is 2.30. The normalized spacial score (nSPS) is 17.8. The lowest BCUT2D eigenvalue weighted by Gasteiger charge is -2.27. The van der Waals surface area contributed by atoms with Gasteiger partial charge in [0.15, 0.2) is 6.20 Å². The summed E-state index contributed by atoms with van der Waals surface area (Å²) in [6.07, 6.45) is 6.45. The monoisotopic (exact) mass is 488 g/mol. The highest BCUT2D eigenvalue weighted by atomic mass is 16.5. The molecule has 192 valence electrons. The molecule has 0 aromatic carbocycles. The number of hydrogen-bond donors (Lipinski definition) is 1. The highest BCUT2D eigenvalue weighted by Gasteiger charge is 2.31. The van der Waals surface area contributed by atoms with Gasteiger partial charge in [-0.1, -0.05) is 18.6 Å². The van der Waals surface area contributed by atoms with E-state index in [0.717, 1.165) is 43.4 Å². The number of alkyl carbamates (subject to hydrolysis) is 1. The molecule has 0 aliphatic heterocycles. The maximum atomic E-state index is 12.3. The van der Waals surface area contributed by atoms with Crippen LogP contribution in [0.1, 0.15) is 65.0 Å². The molecule has 2 heterocycles. The number of aromatic nitrogens is 4. The molecule has 10 heteroatoms. The summed E-state index contributed by atoms with van der Waals surface area (Å²) in [7, 11) is 3.70. The fourth-order valence-corrected chi connectivity index (χ4v) is 4.14. The van der Waals surface area contributed by atoms with Crippen LogP contribution in [0.3, 0.4) is 0 Å². The molecule has 0 spiro atoms. The van der Waals surface area contributed by atoms with Gasteiger partial charge in [0.1, 0.15) is 18.8 Å². The minimum Gasteiger partial charge on any atom is -0.463 e. The number of ether oxygens (including phenoxy) is 3. The second-order valence-corrected chi connectivity index (χ2v) is 9.31. The van der Waals surface area contributed by atoms with E-state index in [-0.39, 0.29) is 30.6 Å². The second kappa shape index (κ2) is 12.5. The van der Waals surface area contributed by atoms with Crippen molar-refractivity contribution >= 4 is 12.1 Å². The van der Waals surface area contributed by atoms with Crippen molar-refractivity contribution in [3.63, 3.8) is 0 Å². The van der Waals surface area contributed by atoms with Gasteiger partial charge in [0.2, 0.25) is 0 Å². The lowest BCUT2D eigenvalue weighted by molar-refractivity contribution is -0.677. The van der Waals surface area contributed by atoms with Gasteiger partial charge in [0, 0.05) is 7.05 Å². The highest BCUT2D eigenvalue weighted by molar-refractivity contribution is 5.72. The Kier molecular flexibility index (Phi) is 9.45. The SMILES string of the molecule is CCCCOC(=O)NCc1c(-c2ccc(O[C@H]3CCC[C@H](C(=O)OC(C)C)C3)[n+](C)c2)nnn1C. The van der Waals surface area contributed by atoms with Crippen molar-refractivity contribution in [1.82, 2.24) is 20.3 Å². The van der Waals surface area contributed by atoms with E-state index in [0.29, 0.717) is 24.6 Å². The van der Waals surface area contributed by atoms with Crippen LogP contribution in [0, 0.1) is 5.92 Å². The van der Waals surface area contributed by atoms with Crippen LogP contribution in [-0.4, -0.2) is 45.9 Å². The Balaban J connectivity index is 1.64. The van der Waals surface area contributed by atoms with Crippen molar-refractivity contribution in [2.24, 2.45) is 20.0 Å². The first kappa shape index (κ1) is 26.4. The fourth-order valence-electron chi connectivity index (χ4n) is 4.14. The molecule has 1 fully saturated rings. The molecule has 0 saturated heterocycles. The summed E-state index contributed by atoms with van der Waals surface area (Å²) in [6, 6.07) is 3.83. The average molecular weight is 489 g/mol. The van der Waals surface area contributed by atoms with Gasteiger partial charge in [-0.3, -0.25) is 4.79 Å². The molecule has 3 rings (SSSR count). The molecular weight excluding hydrogens is 450 g/mol. The maximum Gasteiger partial charge on any atom is 0.407 e. The maximum absolute atomic E-state index is 12.3. The van der Waals surface area contributed by atoms with Gasteiger partial charge in [0.25, 0.3) is 0 Å². The molecule has 1 amide bonds. The number of hydrogen-bond acceptors (Lipinski definition) is 7. The van der Waals surface area contributed by atoms with E-state index in [4.69, 9.17) is 14.2 Å². The number of unbranched alkanes of at least 4 members (excludes halogenated alkanes) is 1. The smallest absolute Gasteiger partial charge is 0.407 e. The third-order valence-electron chi connectivity index (χ3n) is 6.03. The zero-order valence-corrected chi connectivity index (χ0v) is 21.5. The predicted molar refractivity (Wildman–Crippen MR) is 128 cm³/mol. The zero-order chi connectivity index (χ0) is 25.4. The van der Waals surface area contributed by atoms with Gasteiger partial charge in [-0.2, -0.15) is 4.57 Å². The Labute approximate surface area is 206 Å². The third-order valence-corrected chi connectivity index (χ3v) is 6.03. The first-order chi connectivity index (χ1) is 16.8. The van der Waals surface area contributed by atoms with Gasteiger partial charge in [0.05, 0.1) is 42.5 Å². The summed E-state index contributed by atoms with van der Waals surface area (Å²) in [5, 5.41) is 11.2. The Morgan fingerprint density at radius 3 is 2.80 bits per heavy atom. The summed E-state index contributed by atoms with van der Waals surface area (Å²) in [6.45, 7) is 6.43. The number of carbonyl (C=O) groups excluding carboxylic acids is 2. The van der Waals surface area contributed by atoms with E-state index < -0.39 is 6.09 Å². The lowest BCUT2D eigenvalue weighted by Crippen LogP contribution is -2.37. The largest absolute Gasteiger partial charge is 0.463 e. The molecule has 10 nitrogen and oxygen atoms in total. The molecule has 0 radical (unpaired) electrons. The molecule has 35 heavy (non-hydrogen) atoms. The van der Waals surface area contributed by atoms with Gasteiger partial charge < -0.3 is 19.5 Å². The van der Waals surface area contributed by atoms with E-state index >= 15 is 0 Å². The molecule has 2 aromatic rings. The molecule has 1 aliphatic rings. The highest BCUT2D eigenvalue weighted by Crippen LogP contribution is 2.29. The Morgan fingerprint density at radius 1 is 1.29 bits per heavy atom. The number of nitrogens with zero attached hydrogens (tertiary/aromatic N) is 4. The first-order valence-electron chi connectivity index (χ1n) is 12.4. The van der Waals surface area contributed by atoms with Crippen molar-refractivity contribution in [1.29, 1.82) is 0 Å². The van der Waals surface area contributed by atoms with Crippen LogP contribution in [-0.2, 0) is 34.9 Å². The summed E-state index contributed by atoms with van der Waals surface area (Å²) < 4.78 is 20.4. The molecular formula is C25H38N5O5+. The number of aryl methyl sites for hydroxylation is 2. The number of rotatable bonds is 10. The van der Waals surface area contributed by atoms with Crippen molar-refractivity contribution in [2.45, 2.75) is 78.0 Å². The van der Waals surface area contributed by atoms with E-state index in [2.05, 4.69) is 15.6 Å². The van der Waals surface area contributed by atoms with E-state index in [1.54, 1.807) is 11.7 Å². The topological polar surface area (TPSA) is 108 Å². The molecule has 2 aromatic heterocycles. The summed E-state index contributed by atoms with van der Waals surface area (Å²) >= 11 is 0. The van der Waals surface area contributed by atoms with Crippen LogP contribution < -0.4 is 14.6 Å². The quantitative estimate of drug-likeness (QED) is 0.311. The van der Waals surface area contributed by atoms with Crippen LogP contribution in [0.25, 0.3) is 11.3 Å². The fraction of sp³-hybridized carbons (Fsp3) is 0.640. The number of amides is 1. The Morgan fingerprint density at radius 2 is 2.09 bits per heavy atom. The van der Waals surface area contributed by atoms with Gasteiger partial charge in [-0.05, 0) is 52.0 Å². The molecule has 1 aliphatic carbocycles. The van der Waals surface area contributed by atoms with Crippen LogP contribution in [0.5, 0.6) is 5.88 Å². The minimum absolute atomic E-state index is 0.0412. The van der Waals surface area contributed by atoms with E-state index in [1.165, 1.54) is 0 Å². The number of carbonyl (C=O) groups is 2. The van der Waals surface area contributed by atoms with E-state index in [1.807, 2.05) is 50.7 Å². The van der Waals surface area contributed by atoms with Crippen molar-refractivity contribution < 1.29 is 28.4 Å². The zero-order valence-electron chi connectivity index (χ0n) is 21.5. The van der Waals surface area contributed by atoms with Crippen molar-refractivity contribution in [3.05, 3.63) is 24.0 Å². The standard InChI is InChI=1S/C25H37N5O5/c1-6-7-13-33-25(32)26-15-21-23(27-28-30(21)5)19-11-12-22(29(4)16-19)35-20-10-8-9-18(14-20)24(31)34-17(2)3/h11-12,16-18,20H,6-10,13-15H2,1-5H3/p+1/t18-,20-/m0/s1. The van der Waals surface area contributed by atoms with Crippen LogP contribution >= 0.6 is 0 Å². The van der Waals surface area contributed by atoms with Crippen molar-refractivity contribution in [2.75, 3.05) is 6.61 Å². The van der Waals surface area contributed by atoms with Crippen LogP contribution in [0.2, 0.25) is 0 Å². The molecule has 1 N–H and O–H groups in total. The second-order valence-electron chi connectivity index (χ2n) is 9.31. The van der Waals surface area contributed by atoms with E-state index in [9.17, 15) is 9.59 Å². The van der Waals surface area contributed by atoms with Gasteiger partial charge >= 0.3 is 17.9 Å². The Bertz CT molecular complexity index is 1010. The number of esters is 1. The van der Waals surface area contributed by atoms with Crippen LogP contribution in [0.15, 0.2) is 18.3 Å². The lowest BCUT2D eigenvalue weighted by atomic mass is 9.87.